The molecule has 1 aromatic carbocycles. The molecule has 2 heterocycles. The summed E-state index contributed by atoms with van der Waals surface area (Å²) in [5, 5.41) is 2.93. The molecule has 0 spiro atoms. The van der Waals surface area contributed by atoms with Crippen LogP contribution in [0, 0.1) is 5.92 Å². The highest BCUT2D eigenvalue weighted by atomic mass is 35.5. The second-order valence-corrected chi connectivity index (χ2v) is 8.48. The molecule has 1 unspecified atom stereocenters. The normalized spacial score (nSPS) is 15.1. The van der Waals surface area contributed by atoms with Crippen LogP contribution in [-0.2, 0) is 12.1 Å². The molecule has 1 N–H and O–H groups in total. The van der Waals surface area contributed by atoms with Gasteiger partial charge in [0.2, 0.25) is 0 Å². The Balaban J connectivity index is 1.65. The van der Waals surface area contributed by atoms with Crippen LogP contribution in [0.5, 0.6) is 0 Å². The lowest BCUT2D eigenvalue weighted by atomic mass is 9.97. The van der Waals surface area contributed by atoms with E-state index in [0.717, 1.165) is 6.07 Å². The van der Waals surface area contributed by atoms with E-state index in [2.05, 4.69) is 20.3 Å². The Hall–Kier alpha value is -3.14. The van der Waals surface area contributed by atoms with E-state index in [9.17, 15) is 26.7 Å². The summed E-state index contributed by atoms with van der Waals surface area (Å²) in [6, 6.07) is 4.15. The van der Waals surface area contributed by atoms with Crippen molar-refractivity contribution in [2.75, 3.05) is 0 Å². The standard InChI is InChI=1S/C23H18ClF5N4O/c1-12(19-20(31-7-6-30-19)18-5-4-17(24)11-32-18)33-21(34)13-8-15(22(25,26)14-2-3-14)10-16(9-13)23(27,28)29/h4-12,14H,2-3H2,1H3,(H,33,34). The fourth-order valence-corrected chi connectivity index (χ4v) is 3.64. The summed E-state index contributed by atoms with van der Waals surface area (Å²) < 4.78 is 69.4. The Labute approximate surface area is 196 Å². The molecule has 1 saturated carbocycles. The highest BCUT2D eigenvalue weighted by Crippen LogP contribution is 2.50. The summed E-state index contributed by atoms with van der Waals surface area (Å²) in [5.74, 6) is -5.44. The average molecular weight is 497 g/mol. The smallest absolute Gasteiger partial charge is 0.344 e. The van der Waals surface area contributed by atoms with Gasteiger partial charge in [-0.25, -0.2) is 8.78 Å². The molecule has 1 aliphatic carbocycles. The van der Waals surface area contributed by atoms with E-state index in [0.29, 0.717) is 34.2 Å². The number of halogens is 6. The highest BCUT2D eigenvalue weighted by Gasteiger charge is 2.49. The van der Waals surface area contributed by atoms with Crippen LogP contribution in [0.2, 0.25) is 5.02 Å². The van der Waals surface area contributed by atoms with Crippen molar-refractivity contribution >= 4 is 17.5 Å². The summed E-state index contributed by atoms with van der Waals surface area (Å²) in [7, 11) is 0. The van der Waals surface area contributed by atoms with Gasteiger partial charge in [0.05, 0.1) is 28.0 Å². The third-order valence-electron chi connectivity index (χ3n) is 5.45. The van der Waals surface area contributed by atoms with E-state index in [1.54, 1.807) is 19.1 Å². The van der Waals surface area contributed by atoms with Crippen molar-refractivity contribution in [2.45, 2.75) is 37.9 Å². The summed E-state index contributed by atoms with van der Waals surface area (Å²) in [6.07, 6.45) is -0.248. The van der Waals surface area contributed by atoms with Gasteiger partial charge in [-0.2, -0.15) is 13.2 Å². The van der Waals surface area contributed by atoms with Gasteiger partial charge in [-0.3, -0.25) is 19.7 Å². The summed E-state index contributed by atoms with van der Waals surface area (Å²) in [4.78, 5) is 25.5. The van der Waals surface area contributed by atoms with Crippen LogP contribution < -0.4 is 5.32 Å². The minimum atomic E-state index is -4.89. The fraction of sp³-hybridized carbons (Fsp3) is 0.304. The summed E-state index contributed by atoms with van der Waals surface area (Å²) in [6.45, 7) is 1.55. The number of carbonyl (C=O) groups excluding carboxylic acids is 1. The maximum atomic E-state index is 14.6. The Morgan fingerprint density at radius 1 is 1.03 bits per heavy atom. The second kappa shape index (κ2) is 8.90. The summed E-state index contributed by atoms with van der Waals surface area (Å²) in [5.41, 5.74) is -1.62. The predicted molar refractivity (Wildman–Crippen MR) is 114 cm³/mol. The second-order valence-electron chi connectivity index (χ2n) is 8.04. The van der Waals surface area contributed by atoms with E-state index < -0.39 is 46.7 Å². The molecular formula is C23H18ClF5N4O. The number of alkyl halides is 5. The van der Waals surface area contributed by atoms with Gasteiger partial charge >= 0.3 is 6.18 Å². The number of hydrogen-bond donors (Lipinski definition) is 1. The van der Waals surface area contributed by atoms with Crippen LogP contribution in [0.1, 0.15) is 53.0 Å². The predicted octanol–water partition coefficient (Wildman–Crippen LogP) is 6.20. The van der Waals surface area contributed by atoms with Gasteiger partial charge < -0.3 is 5.32 Å². The zero-order chi connectivity index (χ0) is 24.7. The SMILES string of the molecule is CC(NC(=O)c1cc(C(F)(F)F)cc(C(F)(F)C2CC2)c1)c1nccnc1-c1ccc(Cl)cn1. The van der Waals surface area contributed by atoms with Crippen molar-refractivity contribution < 1.29 is 26.7 Å². The van der Waals surface area contributed by atoms with Crippen molar-refractivity contribution in [3.63, 3.8) is 0 Å². The molecule has 0 radical (unpaired) electrons. The van der Waals surface area contributed by atoms with Gasteiger partial charge in [-0.05, 0) is 50.1 Å². The molecule has 1 fully saturated rings. The van der Waals surface area contributed by atoms with E-state index in [-0.39, 0.29) is 12.8 Å². The van der Waals surface area contributed by atoms with Gasteiger partial charge in [0.25, 0.3) is 11.8 Å². The van der Waals surface area contributed by atoms with Crippen LogP contribution in [0.15, 0.2) is 48.9 Å². The first kappa shape index (κ1) is 24.0. The maximum absolute atomic E-state index is 14.6. The van der Waals surface area contributed by atoms with Crippen LogP contribution in [0.4, 0.5) is 22.0 Å². The fourth-order valence-electron chi connectivity index (χ4n) is 3.52. The quantitative estimate of drug-likeness (QED) is 0.412. The zero-order valence-corrected chi connectivity index (χ0v) is 18.5. The first-order valence-electron chi connectivity index (χ1n) is 10.3. The highest BCUT2D eigenvalue weighted by molar-refractivity contribution is 6.30. The minimum absolute atomic E-state index is 0.218. The molecule has 3 aromatic rings. The molecule has 11 heteroatoms. The van der Waals surface area contributed by atoms with Crippen molar-refractivity contribution in [2.24, 2.45) is 5.92 Å². The summed E-state index contributed by atoms with van der Waals surface area (Å²) >= 11 is 5.86. The number of pyridine rings is 1. The molecule has 2 aromatic heterocycles. The Morgan fingerprint density at radius 2 is 1.71 bits per heavy atom. The number of hydrogen-bond acceptors (Lipinski definition) is 4. The Morgan fingerprint density at radius 3 is 2.32 bits per heavy atom. The molecular weight excluding hydrogens is 479 g/mol. The van der Waals surface area contributed by atoms with E-state index in [1.807, 2.05) is 0 Å². The van der Waals surface area contributed by atoms with Crippen LogP contribution >= 0.6 is 11.6 Å². The molecule has 178 valence electrons. The number of aromatic nitrogens is 3. The molecule has 1 amide bonds. The van der Waals surface area contributed by atoms with Gasteiger partial charge in [0, 0.05) is 35.6 Å². The molecule has 1 aliphatic rings. The van der Waals surface area contributed by atoms with Gasteiger partial charge in [0.15, 0.2) is 0 Å². The number of carbonyl (C=O) groups is 1. The average Bonchev–Trinajstić information content (AvgIpc) is 3.65. The minimum Gasteiger partial charge on any atom is -0.344 e. The molecule has 1 atom stereocenters. The maximum Gasteiger partial charge on any atom is 0.416 e. The van der Waals surface area contributed by atoms with Crippen LogP contribution in [-0.4, -0.2) is 20.9 Å². The van der Waals surface area contributed by atoms with Crippen molar-refractivity contribution in [1.82, 2.24) is 20.3 Å². The Kier molecular flexibility index (Phi) is 6.28. The zero-order valence-electron chi connectivity index (χ0n) is 17.7. The number of amides is 1. The molecule has 0 saturated heterocycles. The number of nitrogens with zero attached hydrogens (tertiary/aromatic N) is 3. The lowest BCUT2D eigenvalue weighted by Crippen LogP contribution is -2.29. The van der Waals surface area contributed by atoms with Gasteiger partial charge in [-0.15, -0.1) is 0 Å². The lowest BCUT2D eigenvalue weighted by Gasteiger charge is -2.20. The first-order valence-corrected chi connectivity index (χ1v) is 10.7. The molecule has 34 heavy (non-hydrogen) atoms. The van der Waals surface area contributed by atoms with Crippen LogP contribution in [0.3, 0.4) is 0 Å². The van der Waals surface area contributed by atoms with Gasteiger partial charge in [-0.1, -0.05) is 11.6 Å². The monoisotopic (exact) mass is 496 g/mol. The number of nitrogens with one attached hydrogen (secondary N) is 1. The van der Waals surface area contributed by atoms with Crippen molar-refractivity contribution in [1.29, 1.82) is 0 Å². The largest absolute Gasteiger partial charge is 0.416 e. The van der Waals surface area contributed by atoms with E-state index in [4.69, 9.17) is 11.6 Å². The van der Waals surface area contributed by atoms with Crippen molar-refractivity contribution in [3.8, 4) is 11.4 Å². The first-order chi connectivity index (χ1) is 16.0. The molecule has 4 rings (SSSR count). The molecule has 0 bridgehead atoms. The third-order valence-corrected chi connectivity index (χ3v) is 5.68. The van der Waals surface area contributed by atoms with Gasteiger partial charge in [0.1, 0.15) is 5.69 Å². The lowest BCUT2D eigenvalue weighted by molar-refractivity contribution is -0.137. The van der Waals surface area contributed by atoms with E-state index >= 15 is 0 Å². The topological polar surface area (TPSA) is 67.8 Å². The molecule has 5 nitrogen and oxygen atoms in total. The number of benzene rings is 1. The molecule has 0 aliphatic heterocycles. The Bertz CT molecular complexity index is 1210. The van der Waals surface area contributed by atoms with E-state index in [1.165, 1.54) is 18.6 Å². The number of rotatable bonds is 6. The third kappa shape index (κ3) is 5.01. The van der Waals surface area contributed by atoms with Crippen LogP contribution in [0.25, 0.3) is 11.4 Å². The van der Waals surface area contributed by atoms with Crippen molar-refractivity contribution in [3.05, 3.63) is 76.3 Å².